The fraction of sp³-hybridized carbons (Fsp3) is 0.818. The molecular weight excluding hydrogens is 602 g/mol. The van der Waals surface area contributed by atoms with Crippen LogP contribution >= 0.6 is 0 Å². The molecule has 1 saturated heterocycles. The van der Waals surface area contributed by atoms with Crippen LogP contribution in [0.15, 0.2) is 17.0 Å². The maximum atomic E-state index is 13.6. The van der Waals surface area contributed by atoms with Gasteiger partial charge in [0, 0.05) is 0 Å². The van der Waals surface area contributed by atoms with Crippen LogP contribution in [-0.2, 0) is 19.5 Å². The Labute approximate surface area is 270 Å². The van der Waals surface area contributed by atoms with Gasteiger partial charge in [-0.15, -0.1) is 0 Å². The van der Waals surface area contributed by atoms with E-state index in [1.165, 1.54) is 51.4 Å². The molecule has 11 nitrogen and oxygen atoms in total. The normalized spacial score (nSPS) is 24.4. The molecule has 0 radical (unpaired) electrons. The van der Waals surface area contributed by atoms with E-state index < -0.39 is 72.2 Å². The van der Waals surface area contributed by atoms with Crippen molar-refractivity contribution in [3.05, 3.63) is 28.8 Å². The van der Waals surface area contributed by atoms with Gasteiger partial charge in [-0.05, 0) is 38.3 Å². The molecule has 0 aromatic heterocycles. The van der Waals surface area contributed by atoms with Gasteiger partial charge in [-0.2, -0.15) is 0 Å². The first-order valence-electron chi connectivity index (χ1n) is 16.7. The number of nitrogens with one attached hydrogen (secondary N) is 1. The minimum atomic E-state index is -4.20. The Morgan fingerprint density at radius 3 is 1.84 bits per heavy atom. The van der Waals surface area contributed by atoms with Crippen LogP contribution in [0.5, 0.6) is 0 Å². The van der Waals surface area contributed by atoms with E-state index in [0.717, 1.165) is 24.8 Å². The topological polar surface area (TPSA) is 186 Å². The van der Waals surface area contributed by atoms with Crippen LogP contribution in [0.1, 0.15) is 107 Å². The lowest BCUT2D eigenvalue weighted by molar-refractivity contribution is -0.303. The van der Waals surface area contributed by atoms with E-state index in [1.54, 1.807) is 26.0 Å². The zero-order valence-electron chi connectivity index (χ0n) is 27.6. The number of aryl methyl sites for hydroxylation is 3. The molecule has 0 bridgehead atoms. The molecule has 0 amide bonds. The second-order valence-electron chi connectivity index (χ2n) is 12.7. The summed E-state index contributed by atoms with van der Waals surface area (Å²) >= 11 is 0. The zero-order valence-corrected chi connectivity index (χ0v) is 28.4. The first kappa shape index (κ1) is 40.0. The zero-order chi connectivity index (χ0) is 33.6. The summed E-state index contributed by atoms with van der Waals surface area (Å²) in [6, 6.07) is 2.12. The average molecular weight is 662 g/mol. The van der Waals surface area contributed by atoms with E-state index in [4.69, 9.17) is 9.47 Å². The number of rotatable bonds is 22. The Balaban J connectivity index is 2.01. The summed E-state index contributed by atoms with van der Waals surface area (Å²) in [5.41, 5.74) is 1.92. The number of aliphatic hydroxyl groups excluding tert-OH is 6. The molecule has 1 aromatic carbocycles. The maximum absolute atomic E-state index is 13.6. The van der Waals surface area contributed by atoms with Crippen molar-refractivity contribution in [1.29, 1.82) is 0 Å². The summed E-state index contributed by atoms with van der Waals surface area (Å²) < 4.78 is 40.6. The molecule has 0 aliphatic carbocycles. The van der Waals surface area contributed by atoms with Gasteiger partial charge < -0.3 is 40.1 Å². The monoisotopic (exact) mass is 661 g/mol. The lowest BCUT2D eigenvalue weighted by Crippen LogP contribution is -2.60. The second-order valence-corrected chi connectivity index (χ2v) is 14.4. The fourth-order valence-corrected chi connectivity index (χ4v) is 7.78. The summed E-state index contributed by atoms with van der Waals surface area (Å²) in [6.07, 6.45) is 3.49. The molecule has 8 atom stereocenters. The fourth-order valence-electron chi connectivity index (χ4n) is 6.09. The molecule has 1 aliphatic heterocycles. The second kappa shape index (κ2) is 20.2. The highest BCUT2D eigenvalue weighted by Crippen LogP contribution is 2.25. The lowest BCUT2D eigenvalue weighted by Gasteiger charge is -2.40. The Morgan fingerprint density at radius 1 is 0.822 bits per heavy atom. The van der Waals surface area contributed by atoms with E-state index in [0.29, 0.717) is 17.5 Å². The van der Waals surface area contributed by atoms with Crippen LogP contribution < -0.4 is 4.72 Å². The number of ether oxygens (including phenoxy) is 2. The Bertz CT molecular complexity index is 1060. The number of sulfonamides is 1. The van der Waals surface area contributed by atoms with Gasteiger partial charge >= 0.3 is 0 Å². The highest BCUT2D eigenvalue weighted by Gasteiger charge is 2.44. The van der Waals surface area contributed by atoms with Crippen molar-refractivity contribution in [1.82, 2.24) is 4.72 Å². The first-order chi connectivity index (χ1) is 21.3. The molecule has 1 aliphatic rings. The summed E-state index contributed by atoms with van der Waals surface area (Å²) in [4.78, 5) is 0.0496. The quantitative estimate of drug-likeness (QED) is 0.0912. The molecule has 1 fully saturated rings. The Kier molecular flexibility index (Phi) is 18.0. The summed E-state index contributed by atoms with van der Waals surface area (Å²) in [5.74, 6) is 0. The van der Waals surface area contributed by atoms with E-state index >= 15 is 0 Å². The Morgan fingerprint density at radius 2 is 1.33 bits per heavy atom. The van der Waals surface area contributed by atoms with Crippen molar-refractivity contribution in [3.63, 3.8) is 0 Å². The van der Waals surface area contributed by atoms with Gasteiger partial charge in [0.05, 0.1) is 36.4 Å². The molecule has 1 aromatic rings. The summed E-state index contributed by atoms with van der Waals surface area (Å²) in [5, 5.41) is 62.1. The summed E-state index contributed by atoms with van der Waals surface area (Å²) in [7, 11) is -4.20. The summed E-state index contributed by atoms with van der Waals surface area (Å²) in [6.45, 7) is 6.22. The SMILES string of the molecule is CCCCCCCCCCCCCC[C@@H](O)[C@@H](O)[C@@H](CO[C@H]1O[C@H](CO)[C@H](O)[C@H](O)[C@H]1O)NS(=O)(=O)c1c(C)cc(C)cc1C. The first-order valence-corrected chi connectivity index (χ1v) is 18.2. The van der Waals surface area contributed by atoms with Crippen molar-refractivity contribution in [2.75, 3.05) is 13.2 Å². The maximum Gasteiger partial charge on any atom is 0.241 e. The Hall–Kier alpha value is -1.19. The van der Waals surface area contributed by atoms with Crippen LogP contribution in [0, 0.1) is 20.8 Å². The third-order valence-electron chi connectivity index (χ3n) is 8.63. The average Bonchev–Trinajstić information content (AvgIpc) is 2.98. The molecule has 45 heavy (non-hydrogen) atoms. The van der Waals surface area contributed by atoms with Crippen LogP contribution in [0.2, 0.25) is 0 Å². The van der Waals surface area contributed by atoms with Gasteiger partial charge in [0.1, 0.15) is 24.4 Å². The van der Waals surface area contributed by atoms with E-state index in [9.17, 15) is 39.1 Å². The highest BCUT2D eigenvalue weighted by molar-refractivity contribution is 7.89. The molecule has 262 valence electrons. The van der Waals surface area contributed by atoms with Gasteiger partial charge in [-0.3, -0.25) is 0 Å². The van der Waals surface area contributed by atoms with Gasteiger partial charge in [0.25, 0.3) is 0 Å². The third kappa shape index (κ3) is 12.7. The molecular formula is C33H59NO10S. The van der Waals surface area contributed by atoms with Crippen LogP contribution in [0.25, 0.3) is 0 Å². The minimum Gasteiger partial charge on any atom is -0.394 e. The van der Waals surface area contributed by atoms with Gasteiger partial charge in [0.15, 0.2) is 6.29 Å². The van der Waals surface area contributed by atoms with Crippen molar-refractivity contribution in [2.45, 2.75) is 165 Å². The number of hydrogen-bond acceptors (Lipinski definition) is 10. The molecule has 2 rings (SSSR count). The number of unbranched alkanes of at least 4 members (excludes halogenated alkanes) is 11. The van der Waals surface area contributed by atoms with Crippen LogP contribution in [0.4, 0.5) is 0 Å². The molecule has 0 unspecified atom stereocenters. The molecule has 7 N–H and O–H groups in total. The van der Waals surface area contributed by atoms with E-state index in [1.807, 2.05) is 6.92 Å². The number of hydrogen-bond donors (Lipinski definition) is 7. The standard InChI is InChI=1S/C33H59NO10S/c1-5-6-7-8-9-10-11-12-13-14-15-16-17-26(36)28(37)25(21-43-33-31(40)30(39)29(38)27(20-35)44-33)34-45(41,42)32-23(3)18-22(2)19-24(32)4/h18-19,25-31,33-40H,5-17,20-21H2,1-4H3/t25-,26-,27-,28+,29+,30+,31-,33+/m1/s1. The van der Waals surface area contributed by atoms with E-state index in [-0.39, 0.29) is 11.3 Å². The molecule has 0 spiro atoms. The lowest BCUT2D eigenvalue weighted by atomic mass is 9.99. The molecule has 0 saturated carbocycles. The predicted octanol–water partition coefficient (Wildman–Crippen LogP) is 2.89. The van der Waals surface area contributed by atoms with Crippen molar-refractivity contribution in [3.8, 4) is 0 Å². The van der Waals surface area contributed by atoms with Gasteiger partial charge in [-0.1, -0.05) is 102 Å². The van der Waals surface area contributed by atoms with Crippen LogP contribution in [-0.4, -0.2) is 101 Å². The van der Waals surface area contributed by atoms with Crippen molar-refractivity contribution >= 4 is 10.0 Å². The number of benzene rings is 1. The molecule has 1 heterocycles. The van der Waals surface area contributed by atoms with Crippen molar-refractivity contribution in [2.24, 2.45) is 0 Å². The minimum absolute atomic E-state index is 0.0496. The smallest absolute Gasteiger partial charge is 0.241 e. The largest absolute Gasteiger partial charge is 0.394 e. The van der Waals surface area contributed by atoms with Gasteiger partial charge in [0.2, 0.25) is 10.0 Å². The third-order valence-corrected chi connectivity index (χ3v) is 10.4. The number of aliphatic hydroxyl groups is 6. The van der Waals surface area contributed by atoms with Crippen molar-refractivity contribution < 1.29 is 48.5 Å². The van der Waals surface area contributed by atoms with Crippen LogP contribution in [0.3, 0.4) is 0 Å². The van der Waals surface area contributed by atoms with Gasteiger partial charge in [-0.25, -0.2) is 13.1 Å². The van der Waals surface area contributed by atoms with E-state index in [2.05, 4.69) is 11.6 Å². The molecule has 12 heteroatoms. The highest BCUT2D eigenvalue weighted by atomic mass is 32.2. The predicted molar refractivity (Wildman–Crippen MR) is 172 cm³/mol.